The van der Waals surface area contributed by atoms with Crippen LogP contribution >= 0.6 is 0 Å². The molecule has 2 rings (SSSR count). The molecule has 0 aliphatic heterocycles. The monoisotopic (exact) mass is 261 g/mol. The Morgan fingerprint density at radius 2 is 2.00 bits per heavy atom. The van der Waals surface area contributed by atoms with Crippen molar-refractivity contribution in [3.63, 3.8) is 0 Å². The van der Waals surface area contributed by atoms with E-state index in [9.17, 15) is 0 Å². The van der Waals surface area contributed by atoms with E-state index in [-0.39, 0.29) is 0 Å². The summed E-state index contributed by atoms with van der Waals surface area (Å²) in [6.45, 7) is 7.54. The van der Waals surface area contributed by atoms with Gasteiger partial charge in [0.05, 0.1) is 11.4 Å². The van der Waals surface area contributed by atoms with Crippen molar-refractivity contribution in [1.82, 2.24) is 15.5 Å². The number of nitrogens with zero attached hydrogens (tertiary/aromatic N) is 2. The van der Waals surface area contributed by atoms with E-state index in [0.29, 0.717) is 6.04 Å². The van der Waals surface area contributed by atoms with E-state index in [1.807, 2.05) is 6.92 Å². The van der Waals surface area contributed by atoms with Gasteiger partial charge in [-0.05, 0) is 56.7 Å². The van der Waals surface area contributed by atoms with E-state index >= 15 is 0 Å². The molecule has 19 heavy (non-hydrogen) atoms. The highest BCUT2D eigenvalue weighted by Gasteiger charge is 2.27. The lowest BCUT2D eigenvalue weighted by Crippen LogP contribution is -2.29. The van der Waals surface area contributed by atoms with Gasteiger partial charge in [-0.1, -0.05) is 26.7 Å². The molecule has 1 aromatic heterocycles. The van der Waals surface area contributed by atoms with Crippen LogP contribution in [0.4, 0.5) is 0 Å². The van der Waals surface area contributed by atoms with Gasteiger partial charge in [-0.3, -0.25) is 0 Å². The van der Waals surface area contributed by atoms with Crippen molar-refractivity contribution in [2.24, 2.45) is 5.92 Å². The second-order valence-electron chi connectivity index (χ2n) is 5.72. The topological polar surface area (TPSA) is 37.8 Å². The predicted molar refractivity (Wildman–Crippen MR) is 79.1 cm³/mol. The number of aryl methyl sites for hydroxylation is 2. The molecule has 1 unspecified atom stereocenters. The minimum absolute atomic E-state index is 0.478. The third-order valence-corrected chi connectivity index (χ3v) is 4.18. The molecule has 106 valence electrons. The molecule has 3 heteroatoms. The van der Waals surface area contributed by atoms with E-state index in [4.69, 9.17) is 0 Å². The van der Waals surface area contributed by atoms with E-state index in [1.54, 1.807) is 0 Å². The third-order valence-electron chi connectivity index (χ3n) is 4.18. The zero-order valence-corrected chi connectivity index (χ0v) is 12.6. The van der Waals surface area contributed by atoms with Gasteiger partial charge in [-0.2, -0.15) is 10.2 Å². The molecule has 0 bridgehead atoms. The molecule has 1 aromatic rings. The SMILES string of the molecule is CCCNC(c1cc(C)nnc1CC)C1CCCC1. The van der Waals surface area contributed by atoms with Gasteiger partial charge in [0, 0.05) is 6.04 Å². The average Bonchev–Trinajstić information content (AvgIpc) is 2.93. The summed E-state index contributed by atoms with van der Waals surface area (Å²) in [6.07, 6.45) is 7.63. The second kappa shape index (κ2) is 6.99. The molecule has 1 atom stereocenters. The maximum absolute atomic E-state index is 4.41. The fraction of sp³-hybridized carbons (Fsp3) is 0.750. The Hall–Kier alpha value is -0.960. The summed E-state index contributed by atoms with van der Waals surface area (Å²) in [7, 11) is 0. The van der Waals surface area contributed by atoms with Gasteiger partial charge < -0.3 is 5.32 Å². The van der Waals surface area contributed by atoms with Crippen molar-refractivity contribution in [3.05, 3.63) is 23.0 Å². The third kappa shape index (κ3) is 3.53. The first-order valence-corrected chi connectivity index (χ1v) is 7.82. The lowest BCUT2D eigenvalue weighted by Gasteiger charge is -2.26. The Kier molecular flexibility index (Phi) is 5.32. The van der Waals surface area contributed by atoms with Crippen molar-refractivity contribution in [2.75, 3.05) is 6.54 Å². The van der Waals surface area contributed by atoms with Crippen molar-refractivity contribution >= 4 is 0 Å². The lowest BCUT2D eigenvalue weighted by atomic mass is 9.90. The smallest absolute Gasteiger partial charge is 0.0676 e. The van der Waals surface area contributed by atoms with Crippen LogP contribution in [0.25, 0.3) is 0 Å². The van der Waals surface area contributed by atoms with Gasteiger partial charge in [-0.15, -0.1) is 0 Å². The van der Waals surface area contributed by atoms with E-state index < -0.39 is 0 Å². The Labute approximate surface area is 117 Å². The molecule has 0 radical (unpaired) electrons. The maximum Gasteiger partial charge on any atom is 0.0676 e. The Bertz CT molecular complexity index is 397. The van der Waals surface area contributed by atoms with Crippen LogP contribution in [0.2, 0.25) is 0 Å². The van der Waals surface area contributed by atoms with Gasteiger partial charge in [0.1, 0.15) is 0 Å². The van der Waals surface area contributed by atoms with Crippen LogP contribution in [0.5, 0.6) is 0 Å². The quantitative estimate of drug-likeness (QED) is 0.850. The first kappa shape index (κ1) is 14.4. The summed E-state index contributed by atoms with van der Waals surface area (Å²) in [5.74, 6) is 0.778. The summed E-state index contributed by atoms with van der Waals surface area (Å²) in [4.78, 5) is 0. The zero-order chi connectivity index (χ0) is 13.7. The molecule has 1 heterocycles. The molecular formula is C16H27N3. The molecule has 1 saturated carbocycles. The van der Waals surface area contributed by atoms with Crippen molar-refractivity contribution in [3.8, 4) is 0 Å². The number of aromatic nitrogens is 2. The summed E-state index contributed by atoms with van der Waals surface area (Å²) in [5.41, 5.74) is 3.61. The van der Waals surface area contributed by atoms with Crippen LogP contribution in [0.3, 0.4) is 0 Å². The first-order valence-electron chi connectivity index (χ1n) is 7.82. The lowest BCUT2D eigenvalue weighted by molar-refractivity contribution is 0.364. The average molecular weight is 261 g/mol. The van der Waals surface area contributed by atoms with E-state index in [1.165, 1.54) is 43.4 Å². The molecular weight excluding hydrogens is 234 g/mol. The Morgan fingerprint density at radius 1 is 1.26 bits per heavy atom. The largest absolute Gasteiger partial charge is 0.310 e. The first-order chi connectivity index (χ1) is 9.26. The van der Waals surface area contributed by atoms with Crippen LogP contribution in [0.1, 0.15) is 68.9 Å². The number of hydrogen-bond donors (Lipinski definition) is 1. The Morgan fingerprint density at radius 3 is 2.63 bits per heavy atom. The second-order valence-corrected chi connectivity index (χ2v) is 5.72. The van der Waals surface area contributed by atoms with Gasteiger partial charge >= 0.3 is 0 Å². The van der Waals surface area contributed by atoms with Gasteiger partial charge in [-0.25, -0.2) is 0 Å². The highest BCUT2D eigenvalue weighted by molar-refractivity contribution is 5.25. The molecule has 1 aliphatic carbocycles. The fourth-order valence-electron chi connectivity index (χ4n) is 3.20. The Balaban J connectivity index is 2.27. The highest BCUT2D eigenvalue weighted by atomic mass is 15.1. The molecule has 0 aromatic carbocycles. The van der Waals surface area contributed by atoms with Crippen LogP contribution in [-0.4, -0.2) is 16.7 Å². The standard InChI is InChI=1S/C16H27N3/c1-4-10-17-16(13-8-6-7-9-13)14-11-12(3)18-19-15(14)5-2/h11,13,16-17H,4-10H2,1-3H3. The highest BCUT2D eigenvalue weighted by Crippen LogP contribution is 2.36. The van der Waals surface area contributed by atoms with Crippen LogP contribution in [0, 0.1) is 12.8 Å². The summed E-state index contributed by atoms with van der Waals surface area (Å²) >= 11 is 0. The summed E-state index contributed by atoms with van der Waals surface area (Å²) < 4.78 is 0. The molecule has 1 fully saturated rings. The van der Waals surface area contributed by atoms with E-state index in [0.717, 1.165) is 24.6 Å². The summed E-state index contributed by atoms with van der Waals surface area (Å²) in [5, 5.41) is 12.4. The fourth-order valence-corrected chi connectivity index (χ4v) is 3.20. The summed E-state index contributed by atoms with van der Waals surface area (Å²) in [6, 6.07) is 2.73. The molecule has 0 spiro atoms. The minimum atomic E-state index is 0.478. The minimum Gasteiger partial charge on any atom is -0.310 e. The van der Waals surface area contributed by atoms with Crippen molar-refractivity contribution < 1.29 is 0 Å². The normalized spacial score (nSPS) is 17.8. The number of rotatable bonds is 6. The number of hydrogen-bond acceptors (Lipinski definition) is 3. The van der Waals surface area contributed by atoms with Gasteiger partial charge in [0.25, 0.3) is 0 Å². The number of nitrogens with one attached hydrogen (secondary N) is 1. The molecule has 1 N–H and O–H groups in total. The van der Waals surface area contributed by atoms with Crippen LogP contribution < -0.4 is 5.32 Å². The van der Waals surface area contributed by atoms with Crippen LogP contribution in [-0.2, 0) is 6.42 Å². The van der Waals surface area contributed by atoms with Gasteiger partial charge in [0.2, 0.25) is 0 Å². The van der Waals surface area contributed by atoms with E-state index in [2.05, 4.69) is 35.4 Å². The van der Waals surface area contributed by atoms with Crippen molar-refractivity contribution in [1.29, 1.82) is 0 Å². The molecule has 3 nitrogen and oxygen atoms in total. The van der Waals surface area contributed by atoms with Crippen molar-refractivity contribution in [2.45, 2.75) is 65.3 Å². The zero-order valence-electron chi connectivity index (χ0n) is 12.6. The maximum atomic E-state index is 4.41. The molecule has 0 amide bonds. The van der Waals surface area contributed by atoms with Gasteiger partial charge in [0.15, 0.2) is 0 Å². The predicted octanol–water partition coefficient (Wildman–Crippen LogP) is 3.58. The van der Waals surface area contributed by atoms with Crippen LogP contribution in [0.15, 0.2) is 6.07 Å². The molecule has 0 saturated heterocycles. The molecule has 1 aliphatic rings.